The summed E-state index contributed by atoms with van der Waals surface area (Å²) in [5.74, 6) is 0.0997. The molecule has 0 aliphatic carbocycles. The van der Waals surface area contributed by atoms with Crippen LogP contribution in [-0.4, -0.2) is 24.0 Å². The SMILES string of the molecule is CC(C)(C)CC1CNC(=O)C(C)(C)N1. The fourth-order valence-electron chi connectivity index (χ4n) is 1.93. The molecule has 0 saturated carbocycles. The van der Waals surface area contributed by atoms with Crippen LogP contribution >= 0.6 is 0 Å². The Morgan fingerprint density at radius 2 is 2.00 bits per heavy atom. The van der Waals surface area contributed by atoms with Crippen molar-refractivity contribution in [2.75, 3.05) is 6.54 Å². The highest BCUT2D eigenvalue weighted by molar-refractivity contribution is 5.86. The van der Waals surface area contributed by atoms with E-state index in [1.807, 2.05) is 13.8 Å². The lowest BCUT2D eigenvalue weighted by atomic mass is 9.85. The van der Waals surface area contributed by atoms with E-state index in [0.717, 1.165) is 13.0 Å². The third-order valence-electron chi connectivity index (χ3n) is 2.50. The summed E-state index contributed by atoms with van der Waals surface area (Å²) in [6, 6.07) is 0.391. The number of piperazine rings is 1. The molecule has 14 heavy (non-hydrogen) atoms. The summed E-state index contributed by atoms with van der Waals surface area (Å²) in [6.45, 7) is 11.3. The van der Waals surface area contributed by atoms with E-state index in [1.54, 1.807) is 0 Å². The Morgan fingerprint density at radius 1 is 1.43 bits per heavy atom. The largest absolute Gasteiger partial charge is 0.353 e. The molecule has 1 atom stereocenters. The minimum atomic E-state index is -0.422. The Hall–Kier alpha value is -0.570. The average Bonchev–Trinajstić information content (AvgIpc) is 1.93. The summed E-state index contributed by atoms with van der Waals surface area (Å²) in [6.07, 6.45) is 1.08. The molecule has 1 aliphatic rings. The summed E-state index contributed by atoms with van der Waals surface area (Å²) in [4.78, 5) is 11.5. The molecule has 3 heteroatoms. The zero-order chi connectivity index (χ0) is 11.0. The van der Waals surface area contributed by atoms with Crippen LogP contribution in [-0.2, 0) is 4.79 Å². The lowest BCUT2D eigenvalue weighted by Crippen LogP contribution is -2.64. The molecule has 0 aromatic heterocycles. The van der Waals surface area contributed by atoms with E-state index in [0.29, 0.717) is 11.5 Å². The first-order chi connectivity index (χ1) is 6.21. The van der Waals surface area contributed by atoms with Gasteiger partial charge in [-0.2, -0.15) is 0 Å². The summed E-state index contributed by atoms with van der Waals surface area (Å²) in [5, 5.41) is 6.33. The Labute approximate surface area is 86.6 Å². The highest BCUT2D eigenvalue weighted by Crippen LogP contribution is 2.23. The molecule has 0 spiro atoms. The van der Waals surface area contributed by atoms with Crippen molar-refractivity contribution in [3.8, 4) is 0 Å². The van der Waals surface area contributed by atoms with Crippen molar-refractivity contribution in [2.24, 2.45) is 5.41 Å². The lowest BCUT2D eigenvalue weighted by molar-refractivity contribution is -0.129. The molecule has 82 valence electrons. The highest BCUT2D eigenvalue weighted by Gasteiger charge is 2.35. The summed E-state index contributed by atoms with van der Waals surface area (Å²) in [7, 11) is 0. The van der Waals surface area contributed by atoms with Crippen molar-refractivity contribution in [1.82, 2.24) is 10.6 Å². The molecule has 1 saturated heterocycles. The van der Waals surface area contributed by atoms with Crippen LogP contribution in [0, 0.1) is 5.41 Å². The lowest BCUT2D eigenvalue weighted by Gasteiger charge is -2.38. The van der Waals surface area contributed by atoms with E-state index in [4.69, 9.17) is 0 Å². The van der Waals surface area contributed by atoms with E-state index in [2.05, 4.69) is 31.4 Å². The highest BCUT2D eigenvalue weighted by atomic mass is 16.2. The van der Waals surface area contributed by atoms with E-state index in [9.17, 15) is 4.79 Å². The fraction of sp³-hybridized carbons (Fsp3) is 0.909. The van der Waals surface area contributed by atoms with Gasteiger partial charge in [0.2, 0.25) is 5.91 Å². The number of amides is 1. The predicted octanol–water partition coefficient (Wildman–Crippen LogP) is 1.29. The summed E-state index contributed by atoms with van der Waals surface area (Å²) >= 11 is 0. The van der Waals surface area contributed by atoms with Gasteiger partial charge < -0.3 is 5.32 Å². The molecular formula is C11H22N2O. The Bertz CT molecular complexity index is 228. The van der Waals surface area contributed by atoms with E-state index >= 15 is 0 Å². The standard InChI is InChI=1S/C11H22N2O/c1-10(2,3)6-8-7-12-9(14)11(4,5)13-8/h8,13H,6-7H2,1-5H3,(H,12,14). The first-order valence-corrected chi connectivity index (χ1v) is 5.27. The van der Waals surface area contributed by atoms with Crippen molar-refractivity contribution in [1.29, 1.82) is 0 Å². The molecule has 2 N–H and O–H groups in total. The Morgan fingerprint density at radius 3 is 2.43 bits per heavy atom. The Kier molecular flexibility index (Phi) is 2.91. The summed E-state index contributed by atoms with van der Waals surface area (Å²) in [5.41, 5.74) is -0.121. The van der Waals surface area contributed by atoms with Gasteiger partial charge in [-0.05, 0) is 25.7 Å². The van der Waals surface area contributed by atoms with Gasteiger partial charge in [0.25, 0.3) is 0 Å². The number of carbonyl (C=O) groups excluding carboxylic acids is 1. The van der Waals surface area contributed by atoms with Crippen LogP contribution in [0.15, 0.2) is 0 Å². The molecule has 0 bridgehead atoms. The molecule has 1 heterocycles. The normalized spacial score (nSPS) is 27.2. The van der Waals surface area contributed by atoms with Gasteiger partial charge in [0.05, 0.1) is 5.54 Å². The second kappa shape index (κ2) is 3.54. The quantitative estimate of drug-likeness (QED) is 0.666. The molecule has 0 radical (unpaired) electrons. The third kappa shape index (κ3) is 2.98. The van der Waals surface area contributed by atoms with Crippen LogP contribution in [0.4, 0.5) is 0 Å². The monoisotopic (exact) mass is 198 g/mol. The topological polar surface area (TPSA) is 41.1 Å². The van der Waals surface area contributed by atoms with Gasteiger partial charge in [-0.1, -0.05) is 20.8 Å². The molecular weight excluding hydrogens is 176 g/mol. The van der Waals surface area contributed by atoms with Gasteiger partial charge in [0, 0.05) is 12.6 Å². The number of rotatable bonds is 1. The van der Waals surface area contributed by atoms with E-state index in [-0.39, 0.29) is 5.91 Å². The number of hydrogen-bond acceptors (Lipinski definition) is 2. The summed E-state index contributed by atoms with van der Waals surface area (Å²) < 4.78 is 0. The first kappa shape index (κ1) is 11.5. The number of carbonyl (C=O) groups is 1. The van der Waals surface area contributed by atoms with Gasteiger partial charge in [-0.25, -0.2) is 0 Å². The van der Waals surface area contributed by atoms with Crippen LogP contribution < -0.4 is 10.6 Å². The first-order valence-electron chi connectivity index (χ1n) is 5.27. The molecule has 1 aliphatic heterocycles. The molecule has 3 nitrogen and oxygen atoms in total. The smallest absolute Gasteiger partial charge is 0.239 e. The van der Waals surface area contributed by atoms with Crippen LogP contribution in [0.5, 0.6) is 0 Å². The fourth-order valence-corrected chi connectivity index (χ4v) is 1.93. The van der Waals surface area contributed by atoms with Gasteiger partial charge in [0.1, 0.15) is 0 Å². The van der Waals surface area contributed by atoms with E-state index < -0.39 is 5.54 Å². The van der Waals surface area contributed by atoms with Gasteiger partial charge >= 0.3 is 0 Å². The molecule has 0 aromatic rings. The zero-order valence-electron chi connectivity index (χ0n) is 9.90. The van der Waals surface area contributed by atoms with Crippen LogP contribution in [0.3, 0.4) is 0 Å². The van der Waals surface area contributed by atoms with Crippen LogP contribution in [0.1, 0.15) is 41.0 Å². The van der Waals surface area contributed by atoms with Crippen LogP contribution in [0.25, 0.3) is 0 Å². The maximum atomic E-state index is 11.5. The minimum Gasteiger partial charge on any atom is -0.353 e. The second-order valence-corrected chi connectivity index (χ2v) is 5.94. The molecule has 1 rings (SSSR count). The molecule has 1 amide bonds. The molecule has 1 unspecified atom stereocenters. The van der Waals surface area contributed by atoms with Crippen LogP contribution in [0.2, 0.25) is 0 Å². The predicted molar refractivity (Wildman–Crippen MR) is 58.1 cm³/mol. The maximum absolute atomic E-state index is 11.5. The Balaban J connectivity index is 2.56. The van der Waals surface area contributed by atoms with Crippen molar-refractivity contribution in [3.63, 3.8) is 0 Å². The number of nitrogens with one attached hydrogen (secondary N) is 2. The third-order valence-corrected chi connectivity index (χ3v) is 2.50. The second-order valence-electron chi connectivity index (χ2n) is 5.94. The average molecular weight is 198 g/mol. The van der Waals surface area contributed by atoms with Crippen molar-refractivity contribution >= 4 is 5.91 Å². The zero-order valence-corrected chi connectivity index (χ0v) is 9.90. The van der Waals surface area contributed by atoms with Gasteiger partial charge in [0.15, 0.2) is 0 Å². The molecule has 1 fully saturated rings. The van der Waals surface area contributed by atoms with Crippen molar-refractivity contribution in [3.05, 3.63) is 0 Å². The van der Waals surface area contributed by atoms with Gasteiger partial charge in [-0.15, -0.1) is 0 Å². The maximum Gasteiger partial charge on any atom is 0.239 e. The van der Waals surface area contributed by atoms with Gasteiger partial charge in [-0.3, -0.25) is 10.1 Å². The van der Waals surface area contributed by atoms with Crippen molar-refractivity contribution in [2.45, 2.75) is 52.6 Å². The molecule has 0 aromatic carbocycles. The van der Waals surface area contributed by atoms with E-state index in [1.165, 1.54) is 0 Å². The number of hydrogen-bond donors (Lipinski definition) is 2. The minimum absolute atomic E-state index is 0.0997. The van der Waals surface area contributed by atoms with Crippen molar-refractivity contribution < 1.29 is 4.79 Å².